The lowest BCUT2D eigenvalue weighted by molar-refractivity contribution is -0.154. The number of hydrogen-bond acceptors (Lipinski definition) is 4. The summed E-state index contributed by atoms with van der Waals surface area (Å²) in [4.78, 5) is 16.3. The van der Waals surface area contributed by atoms with E-state index in [-0.39, 0.29) is 17.2 Å². The van der Waals surface area contributed by atoms with Crippen LogP contribution in [0.25, 0.3) is 22.6 Å². The predicted octanol–water partition coefficient (Wildman–Crippen LogP) is 5.89. The number of carbonyl (C=O) groups is 1. The third-order valence-corrected chi connectivity index (χ3v) is 4.88. The zero-order valence-corrected chi connectivity index (χ0v) is 16.2. The molecule has 1 heterocycles. The second-order valence-corrected chi connectivity index (χ2v) is 7.00. The number of rotatable bonds is 5. The highest BCUT2D eigenvalue weighted by Gasteiger charge is 2.39. The fourth-order valence-corrected chi connectivity index (χ4v) is 3.15. The fraction of sp³-hybridized carbons (Fsp3) is 0.130. The van der Waals surface area contributed by atoms with Crippen LogP contribution in [0, 0.1) is 0 Å². The summed E-state index contributed by atoms with van der Waals surface area (Å²) < 4.78 is 51.6. The number of carboxylic acids is 1. The van der Waals surface area contributed by atoms with Crippen molar-refractivity contribution in [3.63, 3.8) is 0 Å². The Hall–Kier alpha value is -3.81. The molecule has 0 aliphatic carbocycles. The van der Waals surface area contributed by atoms with Gasteiger partial charge in [0.2, 0.25) is 11.5 Å². The lowest BCUT2D eigenvalue weighted by Gasteiger charge is -2.28. The molecule has 1 unspecified atom stereocenters. The number of para-hydroxylation sites is 2. The van der Waals surface area contributed by atoms with E-state index in [1.54, 1.807) is 54.6 Å². The minimum absolute atomic E-state index is 0.102. The summed E-state index contributed by atoms with van der Waals surface area (Å²) in [7, 11) is 0. The number of oxazole rings is 1. The van der Waals surface area contributed by atoms with Crippen molar-refractivity contribution in [3.8, 4) is 17.2 Å². The number of hydrogen-bond donors (Lipinski definition) is 1. The van der Waals surface area contributed by atoms with Crippen LogP contribution in [0.3, 0.4) is 0 Å². The highest BCUT2D eigenvalue weighted by molar-refractivity contribution is 5.81. The standard InChI is InChI=1S/C23H16F3NO4/c1-22(21(28)29,14-7-3-2-4-8-14)31-18-12-11-15(23(24,25)26)13-16(18)20-27-17-9-5-6-10-19(17)30-20/h2-13H,1H3,(H,28,29). The van der Waals surface area contributed by atoms with E-state index in [1.807, 2.05) is 0 Å². The highest BCUT2D eigenvalue weighted by Crippen LogP contribution is 2.40. The average Bonchev–Trinajstić information content (AvgIpc) is 3.17. The molecule has 0 aliphatic heterocycles. The molecule has 1 aromatic heterocycles. The van der Waals surface area contributed by atoms with Crippen LogP contribution in [0.2, 0.25) is 0 Å². The molecule has 1 atom stereocenters. The summed E-state index contributed by atoms with van der Waals surface area (Å²) in [6.45, 7) is 1.33. The van der Waals surface area contributed by atoms with Crippen molar-refractivity contribution in [1.82, 2.24) is 4.98 Å². The molecule has 5 nitrogen and oxygen atoms in total. The van der Waals surface area contributed by atoms with Gasteiger partial charge in [-0.25, -0.2) is 9.78 Å². The van der Waals surface area contributed by atoms with Crippen molar-refractivity contribution in [1.29, 1.82) is 0 Å². The molecular formula is C23H16F3NO4. The number of alkyl halides is 3. The van der Waals surface area contributed by atoms with Crippen LogP contribution in [0.15, 0.2) is 77.2 Å². The first-order chi connectivity index (χ1) is 14.7. The zero-order chi connectivity index (χ0) is 22.2. The topological polar surface area (TPSA) is 72.6 Å². The second-order valence-electron chi connectivity index (χ2n) is 7.00. The number of nitrogens with zero attached hydrogens (tertiary/aromatic N) is 1. The molecular weight excluding hydrogens is 411 g/mol. The summed E-state index contributed by atoms with van der Waals surface area (Å²) in [5, 5.41) is 9.86. The van der Waals surface area contributed by atoms with Gasteiger partial charge in [-0.2, -0.15) is 13.2 Å². The minimum Gasteiger partial charge on any atom is -0.478 e. The van der Waals surface area contributed by atoms with Gasteiger partial charge < -0.3 is 14.3 Å². The SMILES string of the molecule is CC(Oc1ccc(C(F)(F)F)cc1-c1nc2ccccc2o1)(C(=O)O)c1ccccc1. The molecule has 0 aliphatic rings. The van der Waals surface area contributed by atoms with Crippen molar-refractivity contribution >= 4 is 17.1 Å². The number of halogens is 3. The average molecular weight is 427 g/mol. The number of aromatic nitrogens is 1. The smallest absolute Gasteiger partial charge is 0.416 e. The van der Waals surface area contributed by atoms with E-state index >= 15 is 0 Å². The van der Waals surface area contributed by atoms with Crippen LogP contribution in [0.5, 0.6) is 5.75 Å². The number of aliphatic carboxylic acids is 1. The number of ether oxygens (including phenoxy) is 1. The van der Waals surface area contributed by atoms with Crippen LogP contribution in [-0.4, -0.2) is 16.1 Å². The van der Waals surface area contributed by atoms with E-state index < -0.39 is 23.3 Å². The minimum atomic E-state index is -4.62. The Morgan fingerprint density at radius 2 is 1.65 bits per heavy atom. The summed E-state index contributed by atoms with van der Waals surface area (Å²) in [6.07, 6.45) is -4.62. The van der Waals surface area contributed by atoms with Crippen LogP contribution >= 0.6 is 0 Å². The number of carboxylic acid groups (broad SMARTS) is 1. The Morgan fingerprint density at radius 3 is 2.29 bits per heavy atom. The second kappa shape index (κ2) is 7.46. The van der Waals surface area contributed by atoms with E-state index in [0.717, 1.165) is 18.2 Å². The zero-order valence-electron chi connectivity index (χ0n) is 16.2. The maximum atomic E-state index is 13.4. The van der Waals surface area contributed by atoms with Crippen LogP contribution in [0.4, 0.5) is 13.2 Å². The molecule has 4 rings (SSSR count). The quantitative estimate of drug-likeness (QED) is 0.430. The molecule has 0 fully saturated rings. The molecule has 3 aromatic carbocycles. The van der Waals surface area contributed by atoms with Crippen molar-refractivity contribution in [2.75, 3.05) is 0 Å². The molecule has 1 N–H and O–H groups in total. The van der Waals surface area contributed by atoms with Crippen molar-refractivity contribution in [2.45, 2.75) is 18.7 Å². The molecule has 158 valence electrons. The molecule has 0 saturated heterocycles. The van der Waals surface area contributed by atoms with Gasteiger partial charge in [0, 0.05) is 5.56 Å². The summed E-state index contributed by atoms with van der Waals surface area (Å²) in [5.74, 6) is -1.52. The summed E-state index contributed by atoms with van der Waals surface area (Å²) in [5.41, 5.74) is -1.74. The fourth-order valence-electron chi connectivity index (χ4n) is 3.15. The van der Waals surface area contributed by atoms with E-state index in [2.05, 4.69) is 4.98 Å². The van der Waals surface area contributed by atoms with Crippen LogP contribution in [-0.2, 0) is 16.6 Å². The number of benzene rings is 3. The molecule has 0 spiro atoms. The first-order valence-corrected chi connectivity index (χ1v) is 9.23. The molecule has 0 saturated carbocycles. The van der Waals surface area contributed by atoms with Crippen molar-refractivity contribution in [2.24, 2.45) is 0 Å². The van der Waals surface area contributed by atoms with Gasteiger partial charge in [-0.15, -0.1) is 0 Å². The van der Waals surface area contributed by atoms with Gasteiger partial charge in [-0.3, -0.25) is 0 Å². The summed E-state index contributed by atoms with van der Waals surface area (Å²) in [6, 6.07) is 17.6. The largest absolute Gasteiger partial charge is 0.478 e. The Balaban J connectivity index is 1.88. The Morgan fingerprint density at radius 1 is 0.968 bits per heavy atom. The van der Waals surface area contributed by atoms with E-state index in [1.165, 1.54) is 6.92 Å². The normalized spacial score (nSPS) is 13.7. The Labute approximate surface area is 174 Å². The first-order valence-electron chi connectivity index (χ1n) is 9.23. The van der Waals surface area contributed by atoms with E-state index in [0.29, 0.717) is 16.7 Å². The monoisotopic (exact) mass is 427 g/mol. The lowest BCUT2D eigenvalue weighted by Crippen LogP contribution is -2.38. The van der Waals surface area contributed by atoms with Crippen molar-refractivity contribution < 1.29 is 32.2 Å². The summed E-state index contributed by atoms with van der Waals surface area (Å²) >= 11 is 0. The van der Waals surface area contributed by atoms with Gasteiger partial charge in [0.05, 0.1) is 11.1 Å². The van der Waals surface area contributed by atoms with E-state index in [9.17, 15) is 23.1 Å². The van der Waals surface area contributed by atoms with Gasteiger partial charge in [-0.1, -0.05) is 42.5 Å². The van der Waals surface area contributed by atoms with Gasteiger partial charge in [0.1, 0.15) is 11.3 Å². The lowest BCUT2D eigenvalue weighted by atomic mass is 9.95. The Bertz CT molecular complexity index is 1220. The first kappa shape index (κ1) is 20.5. The van der Waals surface area contributed by atoms with Gasteiger partial charge in [-0.05, 0) is 37.3 Å². The predicted molar refractivity (Wildman–Crippen MR) is 107 cm³/mol. The Kier molecular flexibility index (Phi) is 4.93. The van der Waals surface area contributed by atoms with Gasteiger partial charge in [0.15, 0.2) is 5.58 Å². The molecule has 0 amide bonds. The molecule has 8 heteroatoms. The molecule has 4 aromatic rings. The maximum absolute atomic E-state index is 13.4. The molecule has 0 bridgehead atoms. The van der Waals surface area contributed by atoms with E-state index in [4.69, 9.17) is 9.15 Å². The van der Waals surface area contributed by atoms with Crippen LogP contribution in [0.1, 0.15) is 18.1 Å². The molecule has 0 radical (unpaired) electrons. The van der Waals surface area contributed by atoms with Gasteiger partial charge >= 0.3 is 12.1 Å². The molecule has 31 heavy (non-hydrogen) atoms. The third-order valence-electron chi connectivity index (χ3n) is 4.88. The van der Waals surface area contributed by atoms with Gasteiger partial charge in [0.25, 0.3) is 0 Å². The maximum Gasteiger partial charge on any atom is 0.416 e. The number of fused-ring (bicyclic) bond motifs is 1. The van der Waals surface area contributed by atoms with Crippen LogP contribution < -0.4 is 4.74 Å². The third kappa shape index (κ3) is 3.84. The highest BCUT2D eigenvalue weighted by atomic mass is 19.4. The van der Waals surface area contributed by atoms with Crippen molar-refractivity contribution in [3.05, 3.63) is 83.9 Å².